The van der Waals surface area contributed by atoms with Gasteiger partial charge in [-0.15, -0.1) is 0 Å². The summed E-state index contributed by atoms with van der Waals surface area (Å²) < 4.78 is 16.2. The highest BCUT2D eigenvalue weighted by atomic mass is 16.5. The van der Waals surface area contributed by atoms with Crippen molar-refractivity contribution in [3.8, 4) is 28.4 Å². The predicted molar refractivity (Wildman–Crippen MR) is 90.5 cm³/mol. The van der Waals surface area contributed by atoms with E-state index in [9.17, 15) is 0 Å². The summed E-state index contributed by atoms with van der Waals surface area (Å²) in [5.41, 5.74) is 1.97. The van der Waals surface area contributed by atoms with Gasteiger partial charge in [-0.05, 0) is 48.6 Å². The van der Waals surface area contributed by atoms with Crippen LogP contribution in [-0.2, 0) is 0 Å². The van der Waals surface area contributed by atoms with Gasteiger partial charge in [0.25, 0.3) is 0 Å². The molecule has 1 fully saturated rings. The molecule has 1 N–H and O–H groups in total. The summed E-state index contributed by atoms with van der Waals surface area (Å²) in [5, 5.41) is 3.37. The number of hydrogen-bond acceptors (Lipinski definition) is 5. The van der Waals surface area contributed by atoms with Gasteiger partial charge in [0.05, 0.1) is 21.3 Å². The summed E-state index contributed by atoms with van der Waals surface area (Å²) in [6.45, 7) is 1.01. The third kappa shape index (κ3) is 3.50. The van der Waals surface area contributed by atoms with Gasteiger partial charge in [0, 0.05) is 18.3 Å². The summed E-state index contributed by atoms with van der Waals surface area (Å²) in [5.74, 6) is 3.60. The molecule has 23 heavy (non-hydrogen) atoms. The van der Waals surface area contributed by atoms with Gasteiger partial charge in [0.1, 0.15) is 5.82 Å². The predicted octanol–water partition coefficient (Wildman–Crippen LogP) is 3.60. The molecular formula is C18H22N2O3. The largest absolute Gasteiger partial charge is 0.493 e. The lowest BCUT2D eigenvalue weighted by Gasteiger charge is -2.14. The molecule has 0 spiro atoms. The highest BCUT2D eigenvalue weighted by Crippen LogP contribution is 2.41. The van der Waals surface area contributed by atoms with E-state index in [2.05, 4.69) is 10.3 Å². The van der Waals surface area contributed by atoms with E-state index in [0.717, 1.165) is 29.4 Å². The van der Waals surface area contributed by atoms with E-state index < -0.39 is 0 Å². The molecule has 0 radical (unpaired) electrons. The first-order valence-electron chi connectivity index (χ1n) is 7.75. The van der Waals surface area contributed by atoms with Crippen molar-refractivity contribution in [3.05, 3.63) is 30.5 Å². The second-order valence-corrected chi connectivity index (χ2v) is 5.67. The highest BCUT2D eigenvalue weighted by Gasteiger charge is 2.20. The van der Waals surface area contributed by atoms with E-state index in [1.54, 1.807) is 21.3 Å². The maximum Gasteiger partial charge on any atom is 0.203 e. The topological polar surface area (TPSA) is 52.6 Å². The van der Waals surface area contributed by atoms with Crippen molar-refractivity contribution in [1.29, 1.82) is 0 Å². The molecule has 0 saturated heterocycles. The number of hydrogen-bond donors (Lipinski definition) is 1. The number of methoxy groups -OCH3 is 3. The summed E-state index contributed by atoms with van der Waals surface area (Å²) in [6, 6.07) is 7.90. The van der Waals surface area contributed by atoms with Crippen LogP contribution in [0.25, 0.3) is 11.1 Å². The van der Waals surface area contributed by atoms with Crippen LogP contribution in [0.5, 0.6) is 17.2 Å². The molecule has 1 aliphatic carbocycles. The Morgan fingerprint density at radius 1 is 1.00 bits per heavy atom. The molecular weight excluding hydrogens is 292 g/mol. The van der Waals surface area contributed by atoms with Crippen LogP contribution in [0.1, 0.15) is 12.8 Å². The van der Waals surface area contributed by atoms with E-state index in [1.807, 2.05) is 30.5 Å². The Hall–Kier alpha value is -2.43. The van der Waals surface area contributed by atoms with E-state index >= 15 is 0 Å². The monoisotopic (exact) mass is 314 g/mol. The van der Waals surface area contributed by atoms with Crippen molar-refractivity contribution in [1.82, 2.24) is 4.98 Å². The standard InChI is InChI=1S/C18H22N2O3/c1-21-15-8-14(9-16(22-2)18(15)23-3)13-6-7-17(20-11-13)19-10-12-4-5-12/h6-9,11-12H,4-5,10H2,1-3H3,(H,19,20). The molecule has 3 rings (SSSR count). The zero-order valence-corrected chi connectivity index (χ0v) is 13.8. The Morgan fingerprint density at radius 2 is 1.70 bits per heavy atom. The first kappa shape index (κ1) is 15.5. The molecule has 1 aliphatic rings. The van der Waals surface area contributed by atoms with Crippen LogP contribution in [0.3, 0.4) is 0 Å². The average molecular weight is 314 g/mol. The van der Waals surface area contributed by atoms with Crippen LogP contribution in [0.15, 0.2) is 30.5 Å². The number of aromatic nitrogens is 1. The molecule has 0 bridgehead atoms. The van der Waals surface area contributed by atoms with E-state index in [4.69, 9.17) is 14.2 Å². The van der Waals surface area contributed by atoms with Gasteiger partial charge in [-0.25, -0.2) is 4.98 Å². The molecule has 5 heteroatoms. The van der Waals surface area contributed by atoms with E-state index in [1.165, 1.54) is 12.8 Å². The van der Waals surface area contributed by atoms with Gasteiger partial charge in [0.2, 0.25) is 5.75 Å². The second-order valence-electron chi connectivity index (χ2n) is 5.67. The first-order valence-corrected chi connectivity index (χ1v) is 7.75. The molecule has 1 heterocycles. The molecule has 122 valence electrons. The van der Waals surface area contributed by atoms with Crippen LogP contribution in [0.2, 0.25) is 0 Å². The molecule has 1 aromatic carbocycles. The van der Waals surface area contributed by atoms with Gasteiger partial charge < -0.3 is 19.5 Å². The fourth-order valence-electron chi connectivity index (χ4n) is 2.49. The summed E-state index contributed by atoms with van der Waals surface area (Å²) in [7, 11) is 4.83. The normalized spacial score (nSPS) is 13.5. The lowest BCUT2D eigenvalue weighted by atomic mass is 10.1. The van der Waals surface area contributed by atoms with Crippen LogP contribution in [0.4, 0.5) is 5.82 Å². The summed E-state index contributed by atoms with van der Waals surface area (Å²) in [4.78, 5) is 4.48. The van der Waals surface area contributed by atoms with Gasteiger partial charge in [-0.2, -0.15) is 0 Å². The molecule has 0 atom stereocenters. The third-order valence-corrected chi connectivity index (χ3v) is 4.03. The number of nitrogens with zero attached hydrogens (tertiary/aromatic N) is 1. The van der Waals surface area contributed by atoms with Crippen molar-refractivity contribution in [2.24, 2.45) is 5.92 Å². The molecule has 0 aliphatic heterocycles. The van der Waals surface area contributed by atoms with Crippen LogP contribution < -0.4 is 19.5 Å². The van der Waals surface area contributed by atoms with Crippen LogP contribution in [-0.4, -0.2) is 32.9 Å². The molecule has 1 aromatic heterocycles. The minimum Gasteiger partial charge on any atom is -0.493 e. The van der Waals surface area contributed by atoms with E-state index in [-0.39, 0.29) is 0 Å². The van der Waals surface area contributed by atoms with Gasteiger partial charge in [-0.1, -0.05) is 0 Å². The third-order valence-electron chi connectivity index (χ3n) is 4.03. The van der Waals surface area contributed by atoms with E-state index in [0.29, 0.717) is 17.2 Å². The first-order chi connectivity index (χ1) is 11.2. The maximum atomic E-state index is 5.40. The Balaban J connectivity index is 1.84. The van der Waals surface area contributed by atoms with Crippen LogP contribution in [0, 0.1) is 5.92 Å². The van der Waals surface area contributed by atoms with Gasteiger partial charge >= 0.3 is 0 Å². The number of benzene rings is 1. The Morgan fingerprint density at radius 3 is 2.17 bits per heavy atom. The lowest BCUT2D eigenvalue weighted by molar-refractivity contribution is 0.324. The minimum absolute atomic E-state index is 0.592. The summed E-state index contributed by atoms with van der Waals surface area (Å²) >= 11 is 0. The smallest absolute Gasteiger partial charge is 0.203 e. The quantitative estimate of drug-likeness (QED) is 0.846. The van der Waals surface area contributed by atoms with Crippen molar-refractivity contribution in [3.63, 3.8) is 0 Å². The zero-order chi connectivity index (χ0) is 16.2. The van der Waals surface area contributed by atoms with Crippen molar-refractivity contribution in [2.75, 3.05) is 33.2 Å². The summed E-state index contributed by atoms with van der Waals surface area (Å²) in [6.07, 6.45) is 4.52. The van der Waals surface area contributed by atoms with Crippen molar-refractivity contribution in [2.45, 2.75) is 12.8 Å². The number of anilines is 1. The molecule has 1 saturated carbocycles. The SMILES string of the molecule is COc1cc(-c2ccc(NCC3CC3)nc2)cc(OC)c1OC. The maximum absolute atomic E-state index is 5.40. The number of nitrogens with one attached hydrogen (secondary N) is 1. The Labute approximate surface area is 136 Å². The average Bonchev–Trinajstić information content (AvgIpc) is 3.43. The van der Waals surface area contributed by atoms with Crippen LogP contribution >= 0.6 is 0 Å². The fraction of sp³-hybridized carbons (Fsp3) is 0.389. The second kappa shape index (κ2) is 6.77. The van der Waals surface area contributed by atoms with Gasteiger partial charge in [-0.3, -0.25) is 0 Å². The zero-order valence-electron chi connectivity index (χ0n) is 13.8. The number of ether oxygens (including phenoxy) is 3. The highest BCUT2D eigenvalue weighted by molar-refractivity contribution is 5.71. The van der Waals surface area contributed by atoms with Crippen molar-refractivity contribution >= 4 is 5.82 Å². The Kier molecular flexibility index (Phi) is 4.55. The molecule has 0 unspecified atom stereocenters. The van der Waals surface area contributed by atoms with Crippen molar-refractivity contribution < 1.29 is 14.2 Å². The Bertz CT molecular complexity index is 641. The lowest BCUT2D eigenvalue weighted by Crippen LogP contribution is -2.04. The minimum atomic E-state index is 0.592. The number of rotatable bonds is 7. The molecule has 5 nitrogen and oxygen atoms in total. The number of pyridine rings is 1. The molecule has 2 aromatic rings. The fourth-order valence-corrected chi connectivity index (χ4v) is 2.49. The van der Waals surface area contributed by atoms with Gasteiger partial charge in [0.15, 0.2) is 11.5 Å². The molecule has 0 amide bonds.